The first-order chi connectivity index (χ1) is 13.2. The van der Waals surface area contributed by atoms with Crippen molar-refractivity contribution in [3.05, 3.63) is 71.3 Å². The molecule has 0 saturated heterocycles. The van der Waals surface area contributed by atoms with E-state index in [-0.39, 0.29) is 11.8 Å². The van der Waals surface area contributed by atoms with Crippen molar-refractivity contribution in [3.63, 3.8) is 0 Å². The summed E-state index contributed by atoms with van der Waals surface area (Å²) in [6, 6.07) is 16.5. The highest BCUT2D eigenvalue weighted by Gasteiger charge is 2.38. The van der Waals surface area contributed by atoms with Gasteiger partial charge in [-0.2, -0.15) is 0 Å². The van der Waals surface area contributed by atoms with Crippen molar-refractivity contribution in [2.45, 2.75) is 58.0 Å². The first kappa shape index (κ1) is 22.2. The van der Waals surface area contributed by atoms with E-state index >= 15 is 0 Å². The fourth-order valence-electron chi connectivity index (χ4n) is 3.09. The van der Waals surface area contributed by atoms with Gasteiger partial charge in [0.15, 0.2) is 5.78 Å². The minimum atomic E-state index is -0.841. The van der Waals surface area contributed by atoms with E-state index in [1.807, 2.05) is 64.1 Å². The Morgan fingerprint density at radius 2 is 1.54 bits per heavy atom. The Balaban J connectivity index is 2.40. The summed E-state index contributed by atoms with van der Waals surface area (Å²) in [7, 11) is 0. The number of benzene rings is 2. The number of halogens is 1. The number of rotatable bonds is 8. The zero-order valence-electron chi connectivity index (χ0n) is 17.1. The van der Waals surface area contributed by atoms with Gasteiger partial charge in [-0.3, -0.25) is 9.59 Å². The molecular formula is C24H29ClO3. The molecule has 0 spiro atoms. The molecule has 4 heteroatoms. The Bertz CT molecular complexity index is 808. The summed E-state index contributed by atoms with van der Waals surface area (Å²) in [5.41, 5.74) is 0.559. The summed E-state index contributed by atoms with van der Waals surface area (Å²) < 4.78 is 5.72. The highest BCUT2D eigenvalue weighted by atomic mass is 35.5. The number of hydrogen-bond donors (Lipinski definition) is 0. The van der Waals surface area contributed by atoms with Gasteiger partial charge in [-0.1, -0.05) is 55.0 Å². The monoisotopic (exact) mass is 400 g/mol. The second kappa shape index (κ2) is 9.38. The van der Waals surface area contributed by atoms with Crippen LogP contribution in [0, 0.1) is 0 Å². The molecule has 1 atom stereocenters. The minimum Gasteiger partial charge on any atom is -0.459 e. The van der Waals surface area contributed by atoms with E-state index in [4.69, 9.17) is 16.3 Å². The van der Waals surface area contributed by atoms with Crippen LogP contribution in [0.5, 0.6) is 0 Å². The summed E-state index contributed by atoms with van der Waals surface area (Å²) in [6.07, 6.45) is 2.23. The molecule has 0 bridgehead atoms. The lowest BCUT2D eigenvalue weighted by molar-refractivity contribution is -0.162. The summed E-state index contributed by atoms with van der Waals surface area (Å²) >= 11 is 5.84. The van der Waals surface area contributed by atoms with Crippen molar-refractivity contribution < 1.29 is 14.3 Å². The molecule has 0 saturated carbocycles. The second-order valence-electron chi connectivity index (χ2n) is 8.26. The highest BCUT2D eigenvalue weighted by Crippen LogP contribution is 2.33. The smallest absolute Gasteiger partial charge is 0.316 e. The van der Waals surface area contributed by atoms with Crippen LogP contribution in [0.2, 0.25) is 0 Å². The van der Waals surface area contributed by atoms with Crippen molar-refractivity contribution in [3.8, 4) is 0 Å². The minimum absolute atomic E-state index is 0.0604. The normalized spacial score (nSPS) is 13.6. The molecule has 0 aliphatic rings. The molecular weight excluding hydrogens is 372 g/mol. The van der Waals surface area contributed by atoms with E-state index < -0.39 is 11.0 Å². The number of ether oxygens (including phenoxy) is 1. The van der Waals surface area contributed by atoms with E-state index in [1.54, 1.807) is 18.2 Å². The van der Waals surface area contributed by atoms with Crippen molar-refractivity contribution in [1.82, 2.24) is 0 Å². The summed E-state index contributed by atoms with van der Waals surface area (Å²) in [5, 5.41) is 0. The van der Waals surface area contributed by atoms with E-state index in [0.717, 1.165) is 18.4 Å². The molecule has 0 fully saturated rings. The molecule has 150 valence electrons. The number of hydrogen-bond acceptors (Lipinski definition) is 3. The number of ketones is 1. The van der Waals surface area contributed by atoms with Gasteiger partial charge in [-0.15, -0.1) is 11.6 Å². The van der Waals surface area contributed by atoms with E-state index in [2.05, 4.69) is 0 Å². The standard InChI is InChI=1S/C24H29ClO3/c1-23(2,3)28-22(27)24(4,15-8-9-16-25)20-14-10-13-19(17-20)21(26)18-11-6-5-7-12-18/h5-7,10-14,17H,8-9,15-16H2,1-4H3. The van der Waals surface area contributed by atoms with Gasteiger partial charge in [0, 0.05) is 17.0 Å². The number of alkyl halides is 1. The Labute approximate surface area is 173 Å². The maximum absolute atomic E-state index is 13.1. The van der Waals surface area contributed by atoms with E-state index in [9.17, 15) is 9.59 Å². The third-order valence-electron chi connectivity index (χ3n) is 4.71. The SMILES string of the molecule is CC(C)(C)OC(=O)C(C)(CCCCCl)c1cccc(C(=O)c2ccccc2)c1. The lowest BCUT2D eigenvalue weighted by atomic mass is 9.77. The van der Waals surface area contributed by atoms with Crippen molar-refractivity contribution >= 4 is 23.4 Å². The first-order valence-electron chi connectivity index (χ1n) is 9.67. The molecule has 0 amide bonds. The maximum Gasteiger partial charge on any atom is 0.316 e. The number of esters is 1. The third kappa shape index (κ3) is 5.68. The van der Waals surface area contributed by atoms with Gasteiger partial charge in [0.1, 0.15) is 5.60 Å². The first-order valence-corrected chi connectivity index (χ1v) is 10.2. The lowest BCUT2D eigenvalue weighted by Gasteiger charge is -2.32. The fraction of sp³-hybridized carbons (Fsp3) is 0.417. The lowest BCUT2D eigenvalue weighted by Crippen LogP contribution is -2.39. The predicted molar refractivity (Wildman–Crippen MR) is 114 cm³/mol. The van der Waals surface area contributed by atoms with E-state index in [0.29, 0.717) is 23.4 Å². The molecule has 28 heavy (non-hydrogen) atoms. The van der Waals surface area contributed by atoms with Crippen molar-refractivity contribution in [2.24, 2.45) is 0 Å². The molecule has 0 N–H and O–H groups in total. The van der Waals surface area contributed by atoms with Crippen molar-refractivity contribution in [2.75, 3.05) is 5.88 Å². The van der Waals surface area contributed by atoms with Crippen LogP contribution in [0.1, 0.15) is 68.4 Å². The summed E-state index contributed by atoms with van der Waals surface area (Å²) in [5.74, 6) is 0.213. The molecule has 2 rings (SSSR count). The molecule has 2 aromatic carbocycles. The van der Waals surface area contributed by atoms with Crippen LogP contribution in [0.25, 0.3) is 0 Å². The van der Waals surface area contributed by atoms with Crippen LogP contribution in [0.3, 0.4) is 0 Å². The maximum atomic E-state index is 13.1. The Morgan fingerprint density at radius 1 is 0.893 bits per heavy atom. The van der Waals surface area contributed by atoms with Gasteiger partial charge in [0.05, 0.1) is 5.41 Å². The molecule has 0 radical (unpaired) electrons. The van der Waals surface area contributed by atoms with Gasteiger partial charge in [0.2, 0.25) is 0 Å². The predicted octanol–water partition coefficient (Wildman–Crippen LogP) is 5.93. The highest BCUT2D eigenvalue weighted by molar-refractivity contribution is 6.17. The zero-order chi connectivity index (χ0) is 20.8. The van der Waals surface area contributed by atoms with Crippen LogP contribution in [-0.2, 0) is 14.9 Å². The molecule has 2 aromatic rings. The van der Waals surface area contributed by atoms with Gasteiger partial charge in [-0.05, 0) is 52.2 Å². The van der Waals surface area contributed by atoms with Crippen LogP contribution >= 0.6 is 11.6 Å². The quantitative estimate of drug-likeness (QED) is 0.239. The Hall–Kier alpha value is -2.13. The summed E-state index contributed by atoms with van der Waals surface area (Å²) in [4.78, 5) is 25.9. The van der Waals surface area contributed by atoms with Crippen molar-refractivity contribution in [1.29, 1.82) is 0 Å². The number of carbonyl (C=O) groups is 2. The average Bonchev–Trinajstić information content (AvgIpc) is 2.67. The Morgan fingerprint density at radius 3 is 2.14 bits per heavy atom. The van der Waals surface area contributed by atoms with Crippen LogP contribution < -0.4 is 0 Å². The van der Waals surface area contributed by atoms with Gasteiger partial charge < -0.3 is 4.74 Å². The van der Waals surface area contributed by atoms with Gasteiger partial charge >= 0.3 is 5.97 Å². The molecule has 0 aliphatic heterocycles. The molecule has 1 unspecified atom stereocenters. The van der Waals surface area contributed by atoms with Crippen LogP contribution in [-0.4, -0.2) is 23.2 Å². The van der Waals surface area contributed by atoms with Crippen LogP contribution in [0.4, 0.5) is 0 Å². The topological polar surface area (TPSA) is 43.4 Å². The number of carbonyl (C=O) groups excluding carboxylic acids is 2. The van der Waals surface area contributed by atoms with Gasteiger partial charge in [0.25, 0.3) is 0 Å². The Kier molecular flexibility index (Phi) is 7.42. The number of unbranched alkanes of at least 4 members (excludes halogenated alkanes) is 1. The largest absolute Gasteiger partial charge is 0.459 e. The second-order valence-corrected chi connectivity index (χ2v) is 8.63. The zero-order valence-corrected chi connectivity index (χ0v) is 17.9. The molecule has 0 heterocycles. The molecule has 0 aromatic heterocycles. The fourth-order valence-corrected chi connectivity index (χ4v) is 3.28. The third-order valence-corrected chi connectivity index (χ3v) is 4.97. The molecule has 3 nitrogen and oxygen atoms in total. The van der Waals surface area contributed by atoms with Gasteiger partial charge in [-0.25, -0.2) is 0 Å². The summed E-state index contributed by atoms with van der Waals surface area (Å²) in [6.45, 7) is 7.47. The van der Waals surface area contributed by atoms with E-state index in [1.165, 1.54) is 0 Å². The average molecular weight is 401 g/mol. The molecule has 0 aliphatic carbocycles. The van der Waals surface area contributed by atoms with Crippen LogP contribution in [0.15, 0.2) is 54.6 Å².